The molecule has 1 fully saturated rings. The molecule has 3 heterocycles. The van der Waals surface area contributed by atoms with Gasteiger partial charge in [0.15, 0.2) is 0 Å². The summed E-state index contributed by atoms with van der Waals surface area (Å²) in [4.78, 5) is 11.0. The number of hydrogen-bond acceptors (Lipinski definition) is 5. The highest BCUT2D eigenvalue weighted by Gasteiger charge is 2.25. The van der Waals surface area contributed by atoms with E-state index in [2.05, 4.69) is 26.3 Å². The van der Waals surface area contributed by atoms with Crippen molar-refractivity contribution in [3.8, 4) is 5.75 Å². The lowest BCUT2D eigenvalue weighted by Crippen LogP contribution is -2.45. The Morgan fingerprint density at radius 1 is 1.36 bits per heavy atom. The van der Waals surface area contributed by atoms with Gasteiger partial charge >= 0.3 is 0 Å². The maximum Gasteiger partial charge on any atom is 0.138 e. The van der Waals surface area contributed by atoms with Crippen LogP contribution in [-0.4, -0.2) is 39.6 Å². The molecule has 1 atom stereocenters. The lowest BCUT2D eigenvalue weighted by Gasteiger charge is -2.36. The van der Waals surface area contributed by atoms with Crippen molar-refractivity contribution in [1.82, 2.24) is 20.2 Å². The number of halogens is 1. The number of hydrogen-bond donors (Lipinski definition) is 2. The van der Waals surface area contributed by atoms with Crippen LogP contribution >= 0.6 is 12.4 Å². The van der Waals surface area contributed by atoms with Gasteiger partial charge < -0.3 is 10.4 Å². The van der Waals surface area contributed by atoms with Gasteiger partial charge in [-0.1, -0.05) is 6.07 Å². The molecule has 1 aliphatic rings. The van der Waals surface area contributed by atoms with E-state index >= 15 is 0 Å². The molecule has 0 saturated carbocycles. The van der Waals surface area contributed by atoms with Crippen LogP contribution in [0.2, 0.25) is 0 Å². The van der Waals surface area contributed by atoms with Crippen molar-refractivity contribution in [2.45, 2.75) is 19.5 Å². The molecule has 2 aromatic heterocycles. The molecule has 1 aliphatic heterocycles. The van der Waals surface area contributed by atoms with Crippen LogP contribution in [0.25, 0.3) is 0 Å². The monoisotopic (exact) mass is 320 g/mol. The summed E-state index contributed by atoms with van der Waals surface area (Å²) in [6.45, 7) is 5.35. The number of aromatic hydroxyl groups is 1. The maximum absolute atomic E-state index is 10.0. The summed E-state index contributed by atoms with van der Waals surface area (Å²) in [7, 11) is 0. The minimum atomic E-state index is 0. The highest BCUT2D eigenvalue weighted by molar-refractivity contribution is 5.85. The second-order valence-electron chi connectivity index (χ2n) is 5.40. The standard InChI is InChI=1S/C16H20N4O.ClH/c1-12-4-5-16(21)14(19-12)11-20-8-7-18-10-15(20)13-3-2-6-17-9-13;/h2-6,9,15,18,21H,7-8,10-11H2,1H3;1H. The number of nitrogens with zero attached hydrogens (tertiary/aromatic N) is 3. The average Bonchev–Trinajstić information content (AvgIpc) is 2.52. The zero-order valence-electron chi connectivity index (χ0n) is 12.6. The summed E-state index contributed by atoms with van der Waals surface area (Å²) in [6, 6.07) is 7.87. The first-order chi connectivity index (χ1) is 10.2. The number of rotatable bonds is 3. The van der Waals surface area contributed by atoms with Gasteiger partial charge in [0.2, 0.25) is 0 Å². The second-order valence-corrected chi connectivity index (χ2v) is 5.40. The van der Waals surface area contributed by atoms with E-state index in [-0.39, 0.29) is 24.2 Å². The van der Waals surface area contributed by atoms with Crippen molar-refractivity contribution >= 4 is 12.4 Å². The Morgan fingerprint density at radius 2 is 2.23 bits per heavy atom. The Morgan fingerprint density at radius 3 is 3.00 bits per heavy atom. The molecule has 118 valence electrons. The highest BCUT2D eigenvalue weighted by atomic mass is 35.5. The van der Waals surface area contributed by atoms with Crippen molar-refractivity contribution in [2.24, 2.45) is 0 Å². The molecular weight excluding hydrogens is 300 g/mol. The fraction of sp³-hybridized carbons (Fsp3) is 0.375. The zero-order valence-corrected chi connectivity index (χ0v) is 13.4. The molecule has 1 saturated heterocycles. The molecule has 0 bridgehead atoms. The van der Waals surface area contributed by atoms with Gasteiger partial charge in [0.25, 0.3) is 0 Å². The molecule has 0 spiro atoms. The first-order valence-electron chi connectivity index (χ1n) is 7.24. The van der Waals surface area contributed by atoms with Crippen LogP contribution in [0.4, 0.5) is 0 Å². The summed E-state index contributed by atoms with van der Waals surface area (Å²) < 4.78 is 0. The van der Waals surface area contributed by atoms with Gasteiger partial charge in [0.05, 0.1) is 5.69 Å². The van der Waals surface area contributed by atoms with E-state index in [4.69, 9.17) is 0 Å². The number of aryl methyl sites for hydroxylation is 1. The zero-order chi connectivity index (χ0) is 14.7. The van der Waals surface area contributed by atoms with Crippen LogP contribution in [0.3, 0.4) is 0 Å². The number of aromatic nitrogens is 2. The van der Waals surface area contributed by atoms with E-state index in [1.807, 2.05) is 25.3 Å². The number of pyridine rings is 2. The SMILES string of the molecule is Cc1ccc(O)c(CN2CCNCC2c2cccnc2)n1.Cl. The lowest BCUT2D eigenvalue weighted by atomic mass is 10.0. The molecule has 1 unspecified atom stereocenters. The Hall–Kier alpha value is -1.69. The third kappa shape index (κ3) is 3.74. The number of nitrogens with one attached hydrogen (secondary N) is 1. The molecule has 5 nitrogen and oxygen atoms in total. The third-order valence-corrected chi connectivity index (χ3v) is 3.87. The van der Waals surface area contributed by atoms with Gasteiger partial charge in [-0.3, -0.25) is 14.9 Å². The average molecular weight is 321 g/mol. The van der Waals surface area contributed by atoms with Crippen molar-refractivity contribution in [3.05, 3.63) is 53.6 Å². The van der Waals surface area contributed by atoms with Crippen molar-refractivity contribution in [3.63, 3.8) is 0 Å². The van der Waals surface area contributed by atoms with Gasteiger partial charge in [0, 0.05) is 50.3 Å². The fourth-order valence-electron chi connectivity index (χ4n) is 2.75. The van der Waals surface area contributed by atoms with E-state index in [1.165, 1.54) is 5.56 Å². The first-order valence-corrected chi connectivity index (χ1v) is 7.24. The molecule has 6 heteroatoms. The normalized spacial score (nSPS) is 18.7. The first kappa shape index (κ1) is 16.7. The summed E-state index contributed by atoms with van der Waals surface area (Å²) in [5.74, 6) is 0.268. The summed E-state index contributed by atoms with van der Waals surface area (Å²) >= 11 is 0. The van der Waals surface area contributed by atoms with Gasteiger partial charge in [0.1, 0.15) is 5.75 Å². The maximum atomic E-state index is 10.0. The van der Waals surface area contributed by atoms with Crippen LogP contribution in [0.15, 0.2) is 36.7 Å². The molecule has 0 aromatic carbocycles. The molecule has 2 aromatic rings. The van der Waals surface area contributed by atoms with Crippen LogP contribution in [0, 0.1) is 6.92 Å². The minimum absolute atomic E-state index is 0. The van der Waals surface area contributed by atoms with E-state index in [0.717, 1.165) is 31.0 Å². The molecule has 0 amide bonds. The van der Waals surface area contributed by atoms with Crippen molar-refractivity contribution < 1.29 is 5.11 Å². The van der Waals surface area contributed by atoms with Crippen LogP contribution in [-0.2, 0) is 6.54 Å². The topological polar surface area (TPSA) is 61.3 Å². The van der Waals surface area contributed by atoms with Crippen molar-refractivity contribution in [1.29, 1.82) is 0 Å². The molecule has 22 heavy (non-hydrogen) atoms. The van der Waals surface area contributed by atoms with E-state index < -0.39 is 0 Å². The predicted molar refractivity (Wildman–Crippen MR) is 88.1 cm³/mol. The predicted octanol–water partition coefficient (Wildman–Crippen LogP) is 2.06. The Bertz CT molecular complexity index is 608. The summed E-state index contributed by atoms with van der Waals surface area (Å²) in [6.07, 6.45) is 3.70. The fourth-order valence-corrected chi connectivity index (χ4v) is 2.75. The summed E-state index contributed by atoms with van der Waals surface area (Å²) in [5, 5.41) is 13.4. The smallest absolute Gasteiger partial charge is 0.138 e. The van der Waals surface area contributed by atoms with Gasteiger partial charge in [-0.15, -0.1) is 12.4 Å². The molecular formula is C16H21ClN4O. The third-order valence-electron chi connectivity index (χ3n) is 3.87. The minimum Gasteiger partial charge on any atom is -0.506 e. The number of piperazine rings is 1. The van der Waals surface area contributed by atoms with Crippen LogP contribution in [0.1, 0.15) is 23.0 Å². The van der Waals surface area contributed by atoms with E-state index in [1.54, 1.807) is 12.3 Å². The van der Waals surface area contributed by atoms with E-state index in [9.17, 15) is 5.11 Å². The van der Waals surface area contributed by atoms with Crippen molar-refractivity contribution in [2.75, 3.05) is 19.6 Å². The largest absolute Gasteiger partial charge is 0.506 e. The highest BCUT2D eigenvalue weighted by Crippen LogP contribution is 2.25. The molecule has 2 N–H and O–H groups in total. The van der Waals surface area contributed by atoms with Gasteiger partial charge in [-0.05, 0) is 30.7 Å². The van der Waals surface area contributed by atoms with E-state index in [0.29, 0.717) is 6.54 Å². The van der Waals surface area contributed by atoms with Gasteiger partial charge in [-0.2, -0.15) is 0 Å². The Labute approximate surface area is 136 Å². The molecule has 3 rings (SSSR count). The quantitative estimate of drug-likeness (QED) is 0.906. The lowest BCUT2D eigenvalue weighted by molar-refractivity contribution is 0.150. The Kier molecular flexibility index (Phi) is 5.71. The van der Waals surface area contributed by atoms with Crippen LogP contribution < -0.4 is 5.32 Å². The van der Waals surface area contributed by atoms with Gasteiger partial charge in [-0.25, -0.2) is 0 Å². The molecule has 0 radical (unpaired) electrons. The van der Waals surface area contributed by atoms with Crippen LogP contribution in [0.5, 0.6) is 5.75 Å². The molecule has 0 aliphatic carbocycles. The second kappa shape index (κ2) is 7.54. The summed E-state index contributed by atoms with van der Waals surface area (Å²) in [5.41, 5.74) is 2.86. The Balaban J connectivity index is 0.00000176.